The molecule has 10 heteroatoms. The summed E-state index contributed by atoms with van der Waals surface area (Å²) in [5, 5.41) is 13.8. The number of hydrogen-bond donors (Lipinski definition) is 1. The highest BCUT2D eigenvalue weighted by atomic mass is 79.9. The lowest BCUT2D eigenvalue weighted by Crippen LogP contribution is -2.32. The zero-order valence-electron chi connectivity index (χ0n) is 14.3. The first-order valence-electron chi connectivity index (χ1n) is 8.15. The summed E-state index contributed by atoms with van der Waals surface area (Å²) in [4.78, 5) is 34.4. The Morgan fingerprint density at radius 1 is 1.32 bits per heavy atom. The molecule has 1 unspecified atom stereocenters. The number of anilines is 1. The second kappa shape index (κ2) is 8.57. The first-order valence-corrected chi connectivity index (χ1v) is 9.32. The van der Waals surface area contributed by atoms with E-state index in [0.717, 1.165) is 5.56 Å². The van der Waals surface area contributed by atoms with Gasteiger partial charge in [0, 0.05) is 21.6 Å². The van der Waals surface area contributed by atoms with Gasteiger partial charge in [-0.25, -0.2) is 0 Å². The van der Waals surface area contributed by atoms with Gasteiger partial charge in [-0.15, -0.1) is 0 Å². The van der Waals surface area contributed by atoms with Crippen LogP contribution in [0.4, 0.5) is 11.4 Å². The molecule has 1 atom stereocenters. The van der Waals surface area contributed by atoms with Gasteiger partial charge in [0.25, 0.3) is 11.6 Å². The third-order valence-corrected chi connectivity index (χ3v) is 4.94. The molecular weight excluding hydrogens is 456 g/mol. The van der Waals surface area contributed by atoms with E-state index < -0.39 is 29.3 Å². The van der Waals surface area contributed by atoms with Crippen LogP contribution in [0.5, 0.6) is 5.75 Å². The van der Waals surface area contributed by atoms with Crippen LogP contribution in [0.25, 0.3) is 0 Å². The van der Waals surface area contributed by atoms with Crippen LogP contribution in [-0.2, 0) is 20.7 Å². The van der Waals surface area contributed by atoms with Crippen LogP contribution < -0.4 is 10.1 Å². The number of amides is 1. The largest absolute Gasteiger partial charge is 0.492 e. The summed E-state index contributed by atoms with van der Waals surface area (Å²) in [6.07, 6.45) is 0.407. The molecule has 1 amide bonds. The third-order valence-electron chi connectivity index (χ3n) is 4.05. The van der Waals surface area contributed by atoms with E-state index in [9.17, 15) is 19.7 Å². The minimum Gasteiger partial charge on any atom is -0.492 e. The molecule has 1 N–H and O–H groups in total. The highest BCUT2D eigenvalue weighted by Crippen LogP contribution is 2.30. The summed E-state index contributed by atoms with van der Waals surface area (Å²) in [6.45, 7) is -0.329. The van der Waals surface area contributed by atoms with Crippen LogP contribution >= 0.6 is 27.5 Å². The van der Waals surface area contributed by atoms with E-state index in [1.54, 1.807) is 18.2 Å². The number of carbonyl (C=O) groups excluding carboxylic acids is 2. The van der Waals surface area contributed by atoms with Crippen LogP contribution in [0.1, 0.15) is 5.56 Å². The molecule has 0 bridgehead atoms. The Kier molecular flexibility index (Phi) is 6.15. The number of halogens is 2. The van der Waals surface area contributed by atoms with Crippen LogP contribution in [0, 0.1) is 16.0 Å². The van der Waals surface area contributed by atoms with Crippen LogP contribution in [0.2, 0.25) is 5.02 Å². The molecule has 0 radical (unpaired) electrons. The summed E-state index contributed by atoms with van der Waals surface area (Å²) in [6, 6.07) is 9.10. The lowest BCUT2D eigenvalue weighted by molar-refractivity contribution is -0.384. The molecule has 3 rings (SSSR count). The van der Waals surface area contributed by atoms with Crippen LogP contribution in [0.3, 0.4) is 0 Å². The molecule has 0 aromatic heterocycles. The average Bonchev–Trinajstić information content (AvgIpc) is 2.66. The zero-order valence-corrected chi connectivity index (χ0v) is 16.7. The monoisotopic (exact) mass is 468 g/mol. The fourth-order valence-corrected chi connectivity index (χ4v) is 3.33. The quantitative estimate of drug-likeness (QED) is 0.406. The number of esters is 1. The number of nitrogens with one attached hydrogen (secondary N) is 1. The Hall–Kier alpha value is -2.65. The minimum atomic E-state index is -0.567. The maximum Gasteiger partial charge on any atom is 0.313 e. The molecule has 146 valence electrons. The number of benzene rings is 2. The van der Waals surface area contributed by atoms with Gasteiger partial charge in [-0.2, -0.15) is 0 Å². The lowest BCUT2D eigenvalue weighted by Gasteiger charge is -2.24. The van der Waals surface area contributed by atoms with E-state index in [2.05, 4.69) is 21.2 Å². The van der Waals surface area contributed by atoms with Gasteiger partial charge >= 0.3 is 5.97 Å². The standard InChI is InChI=1S/C18H14BrClN2O6/c19-14-7-13(22(25)26)2-3-15(14)21-17(23)9-28-18(24)11-5-10-6-12(20)1-4-16(10)27-8-11/h1-4,6-7,11H,5,8-9H2,(H,21,23). The second-order valence-corrected chi connectivity index (χ2v) is 7.33. The molecule has 28 heavy (non-hydrogen) atoms. The van der Waals surface area contributed by atoms with E-state index in [-0.39, 0.29) is 12.3 Å². The van der Waals surface area contributed by atoms with Crippen molar-refractivity contribution in [1.29, 1.82) is 0 Å². The lowest BCUT2D eigenvalue weighted by atomic mass is 9.97. The smallest absolute Gasteiger partial charge is 0.313 e. The van der Waals surface area contributed by atoms with Gasteiger partial charge in [-0.05, 0) is 52.2 Å². The molecular formula is C18H14BrClN2O6. The minimum absolute atomic E-state index is 0.117. The molecule has 0 spiro atoms. The summed E-state index contributed by atoms with van der Waals surface area (Å²) < 4.78 is 11.0. The van der Waals surface area contributed by atoms with Crippen molar-refractivity contribution in [2.45, 2.75) is 6.42 Å². The molecule has 0 aliphatic carbocycles. The Morgan fingerprint density at radius 3 is 2.82 bits per heavy atom. The first-order chi connectivity index (χ1) is 13.3. The van der Waals surface area contributed by atoms with Crippen molar-refractivity contribution in [3.8, 4) is 5.75 Å². The molecule has 0 saturated carbocycles. The number of rotatable bonds is 5. The van der Waals surface area contributed by atoms with E-state index >= 15 is 0 Å². The van der Waals surface area contributed by atoms with Crippen molar-refractivity contribution in [3.05, 3.63) is 61.6 Å². The molecule has 1 aliphatic heterocycles. The number of non-ortho nitro benzene ring substituents is 1. The Morgan fingerprint density at radius 2 is 2.11 bits per heavy atom. The van der Waals surface area contributed by atoms with E-state index in [1.165, 1.54) is 18.2 Å². The van der Waals surface area contributed by atoms with Gasteiger partial charge in [-0.3, -0.25) is 19.7 Å². The van der Waals surface area contributed by atoms with Crippen molar-refractivity contribution in [1.82, 2.24) is 0 Å². The summed E-state index contributed by atoms with van der Waals surface area (Å²) in [5.74, 6) is -0.981. The molecule has 1 heterocycles. The highest BCUT2D eigenvalue weighted by molar-refractivity contribution is 9.10. The highest BCUT2D eigenvalue weighted by Gasteiger charge is 2.28. The Bertz CT molecular complexity index is 952. The number of fused-ring (bicyclic) bond motifs is 1. The van der Waals surface area contributed by atoms with Gasteiger partial charge in [0.15, 0.2) is 6.61 Å². The van der Waals surface area contributed by atoms with Crippen molar-refractivity contribution in [2.24, 2.45) is 5.92 Å². The second-order valence-electron chi connectivity index (χ2n) is 6.04. The predicted octanol–water partition coefficient (Wildman–Crippen LogP) is 3.74. The molecule has 0 saturated heterocycles. The summed E-state index contributed by atoms with van der Waals surface area (Å²) in [7, 11) is 0. The van der Waals surface area contributed by atoms with Gasteiger partial charge in [-0.1, -0.05) is 11.6 Å². The maximum absolute atomic E-state index is 12.2. The molecule has 1 aliphatic rings. The SMILES string of the molecule is O=C(COC(=O)C1COc2ccc(Cl)cc2C1)Nc1ccc([N+](=O)[O-])cc1Br. The normalized spacial score (nSPS) is 15.1. The Labute approximate surface area is 173 Å². The zero-order chi connectivity index (χ0) is 20.3. The van der Waals surface area contributed by atoms with Crippen LogP contribution in [-0.4, -0.2) is 30.0 Å². The topological polar surface area (TPSA) is 108 Å². The first kappa shape index (κ1) is 20.1. The van der Waals surface area contributed by atoms with Gasteiger partial charge in [0.2, 0.25) is 0 Å². The van der Waals surface area contributed by atoms with Crippen molar-refractivity contribution < 1.29 is 24.0 Å². The van der Waals surface area contributed by atoms with E-state index in [4.69, 9.17) is 21.1 Å². The number of carbonyl (C=O) groups is 2. The number of nitro groups is 1. The number of ether oxygens (including phenoxy) is 2. The van der Waals surface area contributed by atoms with Crippen molar-refractivity contribution >= 4 is 50.8 Å². The third kappa shape index (κ3) is 4.79. The van der Waals surface area contributed by atoms with Crippen LogP contribution in [0.15, 0.2) is 40.9 Å². The number of nitrogens with zero attached hydrogens (tertiary/aromatic N) is 1. The summed E-state index contributed by atoms with van der Waals surface area (Å²) in [5.41, 5.74) is 1.02. The van der Waals surface area contributed by atoms with Crippen molar-refractivity contribution in [2.75, 3.05) is 18.5 Å². The van der Waals surface area contributed by atoms with Crippen molar-refractivity contribution in [3.63, 3.8) is 0 Å². The maximum atomic E-state index is 12.2. The van der Waals surface area contributed by atoms with E-state index in [1.807, 2.05) is 0 Å². The van der Waals surface area contributed by atoms with E-state index in [0.29, 0.717) is 27.4 Å². The average molecular weight is 470 g/mol. The molecule has 2 aromatic rings. The predicted molar refractivity (Wildman–Crippen MR) is 105 cm³/mol. The van der Waals surface area contributed by atoms with Gasteiger partial charge < -0.3 is 14.8 Å². The van der Waals surface area contributed by atoms with Gasteiger partial charge in [0.1, 0.15) is 12.4 Å². The fourth-order valence-electron chi connectivity index (χ4n) is 2.67. The van der Waals surface area contributed by atoms with Gasteiger partial charge in [0.05, 0.1) is 16.5 Å². The number of nitro benzene ring substituents is 1. The number of hydrogen-bond acceptors (Lipinski definition) is 6. The molecule has 8 nitrogen and oxygen atoms in total. The summed E-state index contributed by atoms with van der Waals surface area (Å²) >= 11 is 9.11. The molecule has 0 fully saturated rings. The Balaban J connectivity index is 1.53. The molecule has 2 aromatic carbocycles. The fraction of sp³-hybridized carbons (Fsp3) is 0.222.